The van der Waals surface area contributed by atoms with E-state index in [9.17, 15) is 14.7 Å². The van der Waals surface area contributed by atoms with E-state index in [-0.39, 0.29) is 23.3 Å². The number of anilines is 1. The van der Waals surface area contributed by atoms with Gasteiger partial charge in [-0.25, -0.2) is 0 Å². The normalized spacial score (nSPS) is 13.4. The summed E-state index contributed by atoms with van der Waals surface area (Å²) < 4.78 is 0. The van der Waals surface area contributed by atoms with E-state index >= 15 is 0 Å². The van der Waals surface area contributed by atoms with Crippen molar-refractivity contribution in [2.45, 2.75) is 18.9 Å². The second-order valence-corrected chi connectivity index (χ2v) is 7.02. The zero-order valence-corrected chi connectivity index (χ0v) is 15.1. The van der Waals surface area contributed by atoms with E-state index < -0.39 is 5.91 Å². The highest BCUT2D eigenvalue weighted by Crippen LogP contribution is 2.27. The van der Waals surface area contributed by atoms with E-state index in [1.54, 1.807) is 24.3 Å². The van der Waals surface area contributed by atoms with Crippen LogP contribution in [0.1, 0.15) is 33.6 Å². The van der Waals surface area contributed by atoms with Gasteiger partial charge in [-0.05, 0) is 53.9 Å². The third kappa shape index (κ3) is 3.73. The number of carbonyl (C=O) groups excluding carboxylic acids is 2. The number of hydrogen-bond donors (Lipinski definition) is 3. The quantitative estimate of drug-likeness (QED) is 0.629. The number of amides is 2. The standard InChI is InChI=1S/C21H17ClN2O3/c22-18-8-7-15(11-16(18)20(26)23-14-5-6-14)24-21(27)17-9-12-3-1-2-4-13(12)10-19(17)25/h1-4,7-11,14,25H,5-6H2,(H,23,26)(H,24,27). The van der Waals surface area contributed by atoms with E-state index in [0.29, 0.717) is 16.3 Å². The Morgan fingerprint density at radius 2 is 1.63 bits per heavy atom. The largest absolute Gasteiger partial charge is 0.507 e. The molecule has 0 aliphatic heterocycles. The number of benzene rings is 3. The summed E-state index contributed by atoms with van der Waals surface area (Å²) in [5.74, 6) is -0.826. The van der Waals surface area contributed by atoms with E-state index in [1.807, 2.05) is 24.3 Å². The predicted octanol–water partition coefficient (Wildman–Crippen LogP) is 4.34. The Kier molecular flexibility index (Phi) is 4.46. The Labute approximate surface area is 161 Å². The molecule has 0 bridgehead atoms. The maximum absolute atomic E-state index is 12.6. The van der Waals surface area contributed by atoms with Crippen LogP contribution in [0.25, 0.3) is 10.8 Å². The number of nitrogens with one attached hydrogen (secondary N) is 2. The minimum Gasteiger partial charge on any atom is -0.507 e. The highest BCUT2D eigenvalue weighted by atomic mass is 35.5. The summed E-state index contributed by atoms with van der Waals surface area (Å²) in [5, 5.41) is 17.8. The van der Waals surface area contributed by atoms with E-state index in [1.165, 1.54) is 6.07 Å². The van der Waals surface area contributed by atoms with Gasteiger partial charge in [0.05, 0.1) is 16.1 Å². The number of fused-ring (bicyclic) bond motifs is 1. The molecule has 5 nitrogen and oxygen atoms in total. The molecule has 0 heterocycles. The fourth-order valence-electron chi connectivity index (χ4n) is 2.88. The maximum Gasteiger partial charge on any atom is 0.259 e. The minimum atomic E-state index is -0.464. The smallest absolute Gasteiger partial charge is 0.259 e. The van der Waals surface area contributed by atoms with Gasteiger partial charge >= 0.3 is 0 Å². The molecule has 1 saturated carbocycles. The zero-order valence-electron chi connectivity index (χ0n) is 14.3. The van der Waals surface area contributed by atoms with Crippen LogP contribution in [0.3, 0.4) is 0 Å². The molecule has 3 aromatic rings. The van der Waals surface area contributed by atoms with Crippen LogP contribution >= 0.6 is 11.6 Å². The molecule has 0 saturated heterocycles. The van der Waals surface area contributed by atoms with Gasteiger partial charge in [0.15, 0.2) is 0 Å². The molecule has 0 spiro atoms. The number of rotatable bonds is 4. The molecule has 0 atom stereocenters. The average molecular weight is 381 g/mol. The molecule has 3 aromatic carbocycles. The van der Waals surface area contributed by atoms with Crippen molar-refractivity contribution in [2.75, 3.05) is 5.32 Å². The molecule has 2 amide bonds. The van der Waals surface area contributed by atoms with Gasteiger partial charge in [0.25, 0.3) is 11.8 Å². The molecular weight excluding hydrogens is 364 g/mol. The monoisotopic (exact) mass is 380 g/mol. The number of hydrogen-bond acceptors (Lipinski definition) is 3. The van der Waals surface area contributed by atoms with E-state index in [2.05, 4.69) is 10.6 Å². The van der Waals surface area contributed by atoms with Crippen molar-refractivity contribution < 1.29 is 14.7 Å². The van der Waals surface area contributed by atoms with Gasteiger partial charge in [-0.15, -0.1) is 0 Å². The van der Waals surface area contributed by atoms with Crippen molar-refractivity contribution in [1.29, 1.82) is 0 Å². The molecule has 6 heteroatoms. The molecule has 0 aromatic heterocycles. The van der Waals surface area contributed by atoms with Crippen LogP contribution in [0.5, 0.6) is 5.75 Å². The van der Waals surface area contributed by atoms with Crippen LogP contribution < -0.4 is 10.6 Å². The third-order valence-corrected chi connectivity index (χ3v) is 4.82. The van der Waals surface area contributed by atoms with Crippen LogP contribution in [0.2, 0.25) is 5.02 Å². The summed E-state index contributed by atoms with van der Waals surface area (Å²) in [7, 11) is 0. The van der Waals surface area contributed by atoms with E-state index in [4.69, 9.17) is 11.6 Å². The number of aromatic hydroxyl groups is 1. The average Bonchev–Trinajstić information content (AvgIpc) is 3.46. The van der Waals surface area contributed by atoms with Crippen molar-refractivity contribution in [3.8, 4) is 5.75 Å². The maximum atomic E-state index is 12.6. The second kappa shape index (κ2) is 6.93. The van der Waals surface area contributed by atoms with Gasteiger partial charge in [0, 0.05) is 11.7 Å². The zero-order chi connectivity index (χ0) is 19.0. The second-order valence-electron chi connectivity index (χ2n) is 6.61. The van der Waals surface area contributed by atoms with Crippen LogP contribution in [-0.4, -0.2) is 23.0 Å². The Hall–Kier alpha value is -3.05. The lowest BCUT2D eigenvalue weighted by Crippen LogP contribution is -2.25. The molecule has 1 aliphatic carbocycles. The van der Waals surface area contributed by atoms with Crippen LogP contribution in [0, 0.1) is 0 Å². The van der Waals surface area contributed by atoms with Crippen molar-refractivity contribution in [2.24, 2.45) is 0 Å². The van der Waals surface area contributed by atoms with Gasteiger partial charge in [-0.3, -0.25) is 9.59 Å². The fourth-order valence-corrected chi connectivity index (χ4v) is 3.08. The Morgan fingerprint density at radius 1 is 0.926 bits per heavy atom. The molecule has 0 unspecified atom stereocenters. The van der Waals surface area contributed by atoms with Gasteiger partial charge in [0.1, 0.15) is 5.75 Å². The number of phenols is 1. The molecule has 27 heavy (non-hydrogen) atoms. The van der Waals surface area contributed by atoms with Gasteiger partial charge in [0.2, 0.25) is 0 Å². The molecule has 3 N–H and O–H groups in total. The number of carbonyl (C=O) groups is 2. The molecule has 1 fully saturated rings. The van der Waals surface area contributed by atoms with Crippen LogP contribution in [0.4, 0.5) is 5.69 Å². The van der Waals surface area contributed by atoms with Crippen molar-refractivity contribution in [1.82, 2.24) is 5.32 Å². The van der Waals surface area contributed by atoms with Crippen LogP contribution in [0.15, 0.2) is 54.6 Å². The van der Waals surface area contributed by atoms with Gasteiger partial charge < -0.3 is 15.7 Å². The Balaban J connectivity index is 1.59. The molecular formula is C21H17ClN2O3. The highest BCUT2D eigenvalue weighted by molar-refractivity contribution is 6.34. The topological polar surface area (TPSA) is 78.4 Å². The number of phenolic OH excluding ortho intramolecular Hbond substituents is 1. The van der Waals surface area contributed by atoms with Crippen molar-refractivity contribution in [3.05, 3.63) is 70.7 Å². The van der Waals surface area contributed by atoms with Gasteiger partial charge in [-0.2, -0.15) is 0 Å². The van der Waals surface area contributed by atoms with Crippen molar-refractivity contribution in [3.63, 3.8) is 0 Å². The third-order valence-electron chi connectivity index (χ3n) is 4.49. The first-order chi connectivity index (χ1) is 13.0. The summed E-state index contributed by atoms with van der Waals surface area (Å²) in [6, 6.07) is 15.6. The molecule has 1 aliphatic rings. The summed E-state index contributed by atoms with van der Waals surface area (Å²) in [6.07, 6.45) is 1.95. The van der Waals surface area contributed by atoms with Crippen molar-refractivity contribution >= 4 is 39.9 Å². The Bertz CT molecular complexity index is 1060. The lowest BCUT2D eigenvalue weighted by Gasteiger charge is -2.11. The highest BCUT2D eigenvalue weighted by Gasteiger charge is 2.25. The SMILES string of the molecule is O=C(Nc1ccc(Cl)c(C(=O)NC2CC2)c1)c1cc2ccccc2cc1O. The summed E-state index contributed by atoms with van der Waals surface area (Å²) in [6.45, 7) is 0. The summed E-state index contributed by atoms with van der Waals surface area (Å²) in [4.78, 5) is 24.9. The minimum absolute atomic E-state index is 0.105. The first kappa shape index (κ1) is 17.4. The Morgan fingerprint density at radius 3 is 2.33 bits per heavy atom. The first-order valence-corrected chi connectivity index (χ1v) is 9.02. The lowest BCUT2D eigenvalue weighted by molar-refractivity contribution is 0.0949. The van der Waals surface area contributed by atoms with Gasteiger partial charge in [-0.1, -0.05) is 35.9 Å². The lowest BCUT2D eigenvalue weighted by atomic mass is 10.1. The van der Waals surface area contributed by atoms with E-state index in [0.717, 1.165) is 23.6 Å². The first-order valence-electron chi connectivity index (χ1n) is 8.65. The van der Waals surface area contributed by atoms with Crippen LogP contribution in [-0.2, 0) is 0 Å². The molecule has 0 radical (unpaired) electrons. The summed E-state index contributed by atoms with van der Waals surface area (Å²) in [5.41, 5.74) is 0.898. The predicted molar refractivity (Wildman–Crippen MR) is 106 cm³/mol. The number of halogens is 1. The fraction of sp³-hybridized carbons (Fsp3) is 0.143. The molecule has 4 rings (SSSR count). The molecule has 136 valence electrons. The summed E-state index contributed by atoms with van der Waals surface area (Å²) >= 11 is 6.13.